The van der Waals surface area contributed by atoms with E-state index in [0.29, 0.717) is 11.7 Å². The Hall–Kier alpha value is -2.16. The molecule has 0 bridgehead atoms. The average Bonchev–Trinajstić information content (AvgIpc) is 2.41. The van der Waals surface area contributed by atoms with Crippen molar-refractivity contribution in [2.75, 3.05) is 0 Å². The van der Waals surface area contributed by atoms with Crippen LogP contribution in [-0.4, -0.2) is 5.78 Å². The Morgan fingerprint density at radius 1 is 1.15 bits per heavy atom. The van der Waals surface area contributed by atoms with E-state index >= 15 is 0 Å². The molecule has 0 amide bonds. The summed E-state index contributed by atoms with van der Waals surface area (Å²) in [7, 11) is 0. The average molecular weight is 272 g/mol. The van der Waals surface area contributed by atoms with Gasteiger partial charge >= 0.3 is 0 Å². The number of benzene rings is 2. The van der Waals surface area contributed by atoms with E-state index in [2.05, 4.69) is 13.8 Å². The topological polar surface area (TPSA) is 26.3 Å². The molecule has 2 aromatic rings. The lowest BCUT2D eigenvalue weighted by atomic mass is 10.0. The van der Waals surface area contributed by atoms with E-state index in [0.717, 1.165) is 5.56 Å². The van der Waals surface area contributed by atoms with Crippen molar-refractivity contribution in [2.24, 2.45) is 0 Å². The van der Waals surface area contributed by atoms with Crippen LogP contribution in [0.25, 0.3) is 0 Å². The summed E-state index contributed by atoms with van der Waals surface area (Å²) in [6, 6.07) is 11.8. The summed E-state index contributed by atoms with van der Waals surface area (Å²) in [4.78, 5) is 11.5. The zero-order valence-corrected chi connectivity index (χ0v) is 11.8. The van der Waals surface area contributed by atoms with E-state index in [4.69, 9.17) is 4.74 Å². The minimum absolute atomic E-state index is 0.0130. The van der Waals surface area contributed by atoms with Gasteiger partial charge in [0.25, 0.3) is 0 Å². The van der Waals surface area contributed by atoms with Crippen molar-refractivity contribution in [2.45, 2.75) is 26.7 Å². The molecule has 3 heteroatoms. The summed E-state index contributed by atoms with van der Waals surface area (Å²) >= 11 is 0. The molecule has 2 rings (SSSR count). The number of carbonyl (C=O) groups is 1. The van der Waals surface area contributed by atoms with E-state index < -0.39 is 5.82 Å². The van der Waals surface area contributed by atoms with Gasteiger partial charge in [-0.2, -0.15) is 0 Å². The van der Waals surface area contributed by atoms with Crippen LogP contribution in [0.1, 0.15) is 42.6 Å². The molecule has 104 valence electrons. The van der Waals surface area contributed by atoms with Crippen LogP contribution < -0.4 is 4.74 Å². The minimum atomic E-state index is -0.535. The molecule has 0 aromatic heterocycles. The van der Waals surface area contributed by atoms with Crippen LogP contribution in [0, 0.1) is 5.82 Å². The predicted molar refractivity (Wildman–Crippen MR) is 77.0 cm³/mol. The molecule has 0 saturated carbocycles. The predicted octanol–water partition coefficient (Wildman–Crippen LogP) is 4.94. The molecule has 2 nitrogen and oxygen atoms in total. The van der Waals surface area contributed by atoms with Gasteiger partial charge < -0.3 is 4.74 Å². The van der Waals surface area contributed by atoms with Crippen LogP contribution in [0.15, 0.2) is 42.5 Å². The lowest BCUT2D eigenvalue weighted by Gasteiger charge is -2.12. The van der Waals surface area contributed by atoms with Gasteiger partial charge in [0.2, 0.25) is 0 Å². The number of rotatable bonds is 4. The Morgan fingerprint density at radius 2 is 1.85 bits per heavy atom. The third-order valence-corrected chi connectivity index (χ3v) is 3.09. The molecule has 0 aliphatic heterocycles. The lowest BCUT2D eigenvalue weighted by Crippen LogP contribution is -2.00. The van der Waals surface area contributed by atoms with Crippen molar-refractivity contribution >= 4 is 5.78 Å². The largest absolute Gasteiger partial charge is 0.454 e. The fraction of sp³-hybridized carbons (Fsp3) is 0.235. The second-order valence-electron chi connectivity index (χ2n) is 5.00. The molecule has 20 heavy (non-hydrogen) atoms. The van der Waals surface area contributed by atoms with E-state index in [-0.39, 0.29) is 17.1 Å². The van der Waals surface area contributed by atoms with Gasteiger partial charge in [0.15, 0.2) is 17.3 Å². The summed E-state index contributed by atoms with van der Waals surface area (Å²) in [6.07, 6.45) is 0. The van der Waals surface area contributed by atoms with Crippen molar-refractivity contribution in [3.8, 4) is 11.5 Å². The first-order chi connectivity index (χ1) is 9.49. The SMILES string of the molecule is CC(=O)c1cccc(F)c1Oc1cccc(C(C)C)c1. The number of carbonyl (C=O) groups excluding carboxylic acids is 1. The summed E-state index contributed by atoms with van der Waals surface area (Å²) in [6.45, 7) is 5.54. The van der Waals surface area contributed by atoms with Crippen LogP contribution in [0.5, 0.6) is 11.5 Å². The molecule has 0 N–H and O–H groups in total. The van der Waals surface area contributed by atoms with E-state index in [9.17, 15) is 9.18 Å². The summed E-state index contributed by atoms with van der Waals surface area (Å²) < 4.78 is 19.5. The Bertz CT molecular complexity index is 633. The van der Waals surface area contributed by atoms with Crippen LogP contribution in [0.3, 0.4) is 0 Å². The van der Waals surface area contributed by atoms with Crippen LogP contribution in [-0.2, 0) is 0 Å². The van der Waals surface area contributed by atoms with Crippen molar-refractivity contribution in [3.63, 3.8) is 0 Å². The normalized spacial score (nSPS) is 10.7. The molecule has 0 radical (unpaired) electrons. The summed E-state index contributed by atoms with van der Waals surface area (Å²) in [5.41, 5.74) is 1.35. The van der Waals surface area contributed by atoms with E-state index in [1.807, 2.05) is 18.2 Å². The molecular formula is C17H17FO2. The quantitative estimate of drug-likeness (QED) is 0.736. The van der Waals surface area contributed by atoms with Gasteiger partial charge in [-0.25, -0.2) is 4.39 Å². The highest BCUT2D eigenvalue weighted by atomic mass is 19.1. The Balaban J connectivity index is 2.40. The number of halogens is 1. The van der Waals surface area contributed by atoms with Gasteiger partial charge in [-0.1, -0.05) is 32.0 Å². The number of ketones is 1. The maximum Gasteiger partial charge on any atom is 0.173 e. The zero-order valence-electron chi connectivity index (χ0n) is 11.8. The number of ether oxygens (including phenoxy) is 1. The van der Waals surface area contributed by atoms with E-state index in [1.54, 1.807) is 12.1 Å². The van der Waals surface area contributed by atoms with Crippen molar-refractivity contribution < 1.29 is 13.9 Å². The second-order valence-corrected chi connectivity index (χ2v) is 5.00. The molecule has 0 saturated heterocycles. The first-order valence-corrected chi connectivity index (χ1v) is 6.56. The van der Waals surface area contributed by atoms with Gasteiger partial charge in [-0.3, -0.25) is 4.79 Å². The van der Waals surface area contributed by atoms with Gasteiger partial charge in [0.05, 0.1) is 5.56 Å². The lowest BCUT2D eigenvalue weighted by molar-refractivity contribution is 0.101. The second kappa shape index (κ2) is 5.87. The number of hydrogen-bond donors (Lipinski definition) is 0. The van der Waals surface area contributed by atoms with Gasteiger partial charge in [0, 0.05) is 0 Å². The molecule has 0 unspecified atom stereocenters. The first kappa shape index (κ1) is 14.3. The fourth-order valence-corrected chi connectivity index (χ4v) is 1.94. The summed E-state index contributed by atoms with van der Waals surface area (Å²) in [5.74, 6) is 0.114. The van der Waals surface area contributed by atoms with Crippen LogP contribution >= 0.6 is 0 Å². The minimum Gasteiger partial charge on any atom is -0.454 e. The van der Waals surface area contributed by atoms with Gasteiger partial charge in [0.1, 0.15) is 5.75 Å². The van der Waals surface area contributed by atoms with Crippen molar-refractivity contribution in [1.82, 2.24) is 0 Å². The van der Waals surface area contributed by atoms with Gasteiger partial charge in [-0.05, 0) is 42.7 Å². The molecular weight excluding hydrogens is 255 g/mol. The maximum absolute atomic E-state index is 13.9. The molecule has 0 aliphatic rings. The zero-order chi connectivity index (χ0) is 14.7. The smallest absolute Gasteiger partial charge is 0.173 e. The third kappa shape index (κ3) is 3.05. The van der Waals surface area contributed by atoms with Crippen molar-refractivity contribution in [3.05, 3.63) is 59.4 Å². The third-order valence-electron chi connectivity index (χ3n) is 3.09. The van der Waals surface area contributed by atoms with E-state index in [1.165, 1.54) is 19.1 Å². The highest BCUT2D eigenvalue weighted by molar-refractivity contribution is 5.96. The Kier molecular flexibility index (Phi) is 4.18. The standard InChI is InChI=1S/C17H17FO2/c1-11(2)13-6-4-7-14(10-13)20-17-15(12(3)19)8-5-9-16(17)18/h4-11H,1-3H3. The van der Waals surface area contributed by atoms with Crippen LogP contribution in [0.4, 0.5) is 4.39 Å². The van der Waals surface area contributed by atoms with Crippen LogP contribution in [0.2, 0.25) is 0 Å². The summed E-state index contributed by atoms with van der Waals surface area (Å²) in [5, 5.41) is 0. The monoisotopic (exact) mass is 272 g/mol. The van der Waals surface area contributed by atoms with Crippen molar-refractivity contribution in [1.29, 1.82) is 0 Å². The molecule has 0 fully saturated rings. The molecule has 0 atom stereocenters. The Labute approximate surface area is 118 Å². The maximum atomic E-state index is 13.9. The highest BCUT2D eigenvalue weighted by Crippen LogP contribution is 2.30. The van der Waals surface area contributed by atoms with Gasteiger partial charge in [-0.15, -0.1) is 0 Å². The highest BCUT2D eigenvalue weighted by Gasteiger charge is 2.14. The molecule has 2 aromatic carbocycles. The fourth-order valence-electron chi connectivity index (χ4n) is 1.94. The molecule has 0 heterocycles. The Morgan fingerprint density at radius 3 is 2.50 bits per heavy atom. The molecule has 0 aliphatic carbocycles. The number of para-hydroxylation sites is 1. The number of hydrogen-bond acceptors (Lipinski definition) is 2. The first-order valence-electron chi connectivity index (χ1n) is 6.56. The molecule has 0 spiro atoms. The number of Topliss-reactive ketones (excluding diaryl/α,β-unsaturated/α-hetero) is 1.